The zero-order valence-corrected chi connectivity index (χ0v) is 17.6. The van der Waals surface area contributed by atoms with Crippen LogP contribution in [0, 0.1) is 0 Å². The van der Waals surface area contributed by atoms with Crippen molar-refractivity contribution in [3.8, 4) is 0 Å². The molecule has 1 saturated carbocycles. The number of para-hydroxylation sites is 1. The number of benzene rings is 2. The van der Waals surface area contributed by atoms with Crippen LogP contribution in [0.25, 0.3) is 10.9 Å². The van der Waals surface area contributed by atoms with Crippen LogP contribution in [-0.2, 0) is 11.2 Å². The van der Waals surface area contributed by atoms with Crippen molar-refractivity contribution >= 4 is 28.6 Å². The lowest BCUT2D eigenvalue weighted by Gasteiger charge is -2.30. The molecule has 0 spiro atoms. The van der Waals surface area contributed by atoms with Gasteiger partial charge in [0.15, 0.2) is 0 Å². The summed E-state index contributed by atoms with van der Waals surface area (Å²) in [5.41, 5.74) is 2.00. The van der Waals surface area contributed by atoms with Gasteiger partial charge in [0.2, 0.25) is 11.9 Å². The largest absolute Gasteiger partial charge is 0.362 e. The Morgan fingerprint density at radius 2 is 1.60 bits per heavy atom. The number of carbonyl (C=O) groups excluding carboxylic acids is 1. The zero-order valence-electron chi connectivity index (χ0n) is 17.6. The molecular formula is C24H29N5O. The third-order valence-corrected chi connectivity index (χ3v) is 5.64. The van der Waals surface area contributed by atoms with Gasteiger partial charge in [-0.3, -0.25) is 4.79 Å². The van der Waals surface area contributed by atoms with Crippen molar-refractivity contribution in [2.45, 2.75) is 44.2 Å². The molecule has 1 fully saturated rings. The number of aromatic nitrogens is 2. The van der Waals surface area contributed by atoms with Gasteiger partial charge in [0.25, 0.3) is 0 Å². The Morgan fingerprint density at radius 3 is 2.33 bits per heavy atom. The molecule has 0 atom stereocenters. The first-order valence-corrected chi connectivity index (χ1v) is 10.6. The van der Waals surface area contributed by atoms with E-state index in [-0.39, 0.29) is 11.9 Å². The summed E-state index contributed by atoms with van der Waals surface area (Å²) in [7, 11) is 4.00. The molecule has 1 aliphatic rings. The van der Waals surface area contributed by atoms with Gasteiger partial charge in [0, 0.05) is 31.6 Å². The molecule has 0 bridgehead atoms. The Labute approximate surface area is 177 Å². The fourth-order valence-electron chi connectivity index (χ4n) is 4.09. The quantitative estimate of drug-likeness (QED) is 0.656. The second-order valence-corrected chi connectivity index (χ2v) is 8.21. The number of hydrogen-bond donors (Lipinski definition) is 2. The van der Waals surface area contributed by atoms with Gasteiger partial charge in [-0.2, -0.15) is 4.98 Å². The van der Waals surface area contributed by atoms with Crippen LogP contribution in [0.5, 0.6) is 0 Å². The van der Waals surface area contributed by atoms with E-state index in [1.54, 1.807) is 0 Å². The molecule has 6 nitrogen and oxygen atoms in total. The predicted molar refractivity (Wildman–Crippen MR) is 122 cm³/mol. The van der Waals surface area contributed by atoms with Gasteiger partial charge in [-0.05, 0) is 43.4 Å². The number of hydrogen-bond acceptors (Lipinski definition) is 5. The second-order valence-electron chi connectivity index (χ2n) is 8.21. The highest BCUT2D eigenvalue weighted by atomic mass is 16.1. The van der Waals surface area contributed by atoms with Crippen molar-refractivity contribution in [1.29, 1.82) is 0 Å². The van der Waals surface area contributed by atoms with Crippen LogP contribution in [0.4, 0.5) is 11.8 Å². The van der Waals surface area contributed by atoms with E-state index in [0.717, 1.165) is 48.0 Å². The van der Waals surface area contributed by atoms with Gasteiger partial charge in [-0.1, -0.05) is 42.5 Å². The van der Waals surface area contributed by atoms with Crippen molar-refractivity contribution in [3.05, 3.63) is 60.2 Å². The Kier molecular flexibility index (Phi) is 6.12. The standard InChI is InChI=1S/C24H29N5O/c1-29(2)23-20-10-6-7-11-21(20)27-24(28-23)26-19-14-12-18(13-15-19)25-22(30)16-17-8-4-3-5-9-17/h3-11,18-19H,12-16H2,1-2H3,(H,25,30)(H,26,27,28)/t18-,19+. The first kappa shape index (κ1) is 20.1. The molecule has 6 heteroatoms. The smallest absolute Gasteiger partial charge is 0.225 e. The van der Waals surface area contributed by atoms with Crippen LogP contribution in [0.15, 0.2) is 54.6 Å². The molecule has 156 valence electrons. The highest BCUT2D eigenvalue weighted by molar-refractivity contribution is 5.90. The molecule has 2 N–H and O–H groups in total. The maximum atomic E-state index is 12.3. The Morgan fingerprint density at radius 1 is 0.933 bits per heavy atom. The molecule has 2 aromatic carbocycles. The minimum atomic E-state index is 0.103. The predicted octanol–water partition coefficient (Wildman–Crippen LogP) is 3.78. The monoisotopic (exact) mass is 403 g/mol. The lowest BCUT2D eigenvalue weighted by Crippen LogP contribution is -2.40. The molecule has 1 aromatic heterocycles. The molecule has 0 aliphatic heterocycles. The molecule has 3 aromatic rings. The number of nitrogens with one attached hydrogen (secondary N) is 2. The molecule has 0 saturated heterocycles. The third kappa shape index (κ3) is 4.87. The minimum absolute atomic E-state index is 0.103. The first-order valence-electron chi connectivity index (χ1n) is 10.6. The van der Waals surface area contributed by atoms with Gasteiger partial charge < -0.3 is 15.5 Å². The Hall–Kier alpha value is -3.15. The number of nitrogens with zero attached hydrogens (tertiary/aromatic N) is 3. The number of carbonyl (C=O) groups is 1. The molecular weight excluding hydrogens is 374 g/mol. The van der Waals surface area contributed by atoms with Gasteiger partial charge in [0.1, 0.15) is 5.82 Å². The van der Waals surface area contributed by atoms with Crippen molar-refractivity contribution in [2.75, 3.05) is 24.3 Å². The van der Waals surface area contributed by atoms with E-state index < -0.39 is 0 Å². The maximum absolute atomic E-state index is 12.3. The summed E-state index contributed by atoms with van der Waals surface area (Å²) < 4.78 is 0. The summed E-state index contributed by atoms with van der Waals surface area (Å²) >= 11 is 0. The summed E-state index contributed by atoms with van der Waals surface area (Å²) in [6.07, 6.45) is 4.35. The third-order valence-electron chi connectivity index (χ3n) is 5.64. The maximum Gasteiger partial charge on any atom is 0.225 e. The molecule has 30 heavy (non-hydrogen) atoms. The topological polar surface area (TPSA) is 70.2 Å². The van der Waals surface area contributed by atoms with Gasteiger partial charge in [0.05, 0.1) is 11.9 Å². The molecule has 0 radical (unpaired) electrons. The number of fused-ring (bicyclic) bond motifs is 1. The van der Waals surface area contributed by atoms with Crippen LogP contribution in [0.3, 0.4) is 0 Å². The fourth-order valence-corrected chi connectivity index (χ4v) is 4.09. The van der Waals surface area contributed by atoms with Crippen molar-refractivity contribution in [1.82, 2.24) is 15.3 Å². The van der Waals surface area contributed by atoms with Crippen molar-refractivity contribution in [2.24, 2.45) is 0 Å². The average Bonchev–Trinajstić information content (AvgIpc) is 2.75. The van der Waals surface area contributed by atoms with E-state index in [1.807, 2.05) is 67.5 Å². The van der Waals surface area contributed by atoms with Gasteiger partial charge in [-0.25, -0.2) is 4.98 Å². The lowest BCUT2D eigenvalue weighted by molar-refractivity contribution is -0.121. The molecule has 4 rings (SSSR count). The summed E-state index contributed by atoms with van der Waals surface area (Å²) in [5.74, 6) is 1.70. The average molecular weight is 404 g/mol. The van der Waals surface area contributed by atoms with Gasteiger partial charge in [-0.15, -0.1) is 0 Å². The number of rotatable bonds is 6. The molecule has 0 unspecified atom stereocenters. The number of amides is 1. The van der Waals surface area contributed by atoms with Crippen molar-refractivity contribution < 1.29 is 4.79 Å². The number of anilines is 2. The van der Waals surface area contributed by atoms with E-state index in [4.69, 9.17) is 9.97 Å². The highest BCUT2D eigenvalue weighted by Crippen LogP contribution is 2.26. The van der Waals surface area contributed by atoms with E-state index >= 15 is 0 Å². The van der Waals surface area contributed by atoms with Gasteiger partial charge >= 0.3 is 0 Å². The SMILES string of the molecule is CN(C)c1nc(N[C@H]2CC[C@@H](NC(=O)Cc3ccccc3)CC2)nc2ccccc12. The highest BCUT2D eigenvalue weighted by Gasteiger charge is 2.23. The van der Waals surface area contributed by atoms with Crippen LogP contribution < -0.4 is 15.5 Å². The van der Waals surface area contributed by atoms with Crippen LogP contribution >= 0.6 is 0 Å². The first-order chi connectivity index (χ1) is 14.6. The van der Waals surface area contributed by atoms with E-state index in [2.05, 4.69) is 16.7 Å². The molecule has 1 heterocycles. The molecule has 1 amide bonds. The van der Waals surface area contributed by atoms with Crippen molar-refractivity contribution in [3.63, 3.8) is 0 Å². The summed E-state index contributed by atoms with van der Waals surface area (Å²) in [6.45, 7) is 0. The second kappa shape index (κ2) is 9.11. The van der Waals surface area contributed by atoms with Crippen LogP contribution in [0.1, 0.15) is 31.2 Å². The fraction of sp³-hybridized carbons (Fsp3) is 0.375. The van der Waals surface area contributed by atoms with Crippen LogP contribution in [-0.4, -0.2) is 42.1 Å². The summed E-state index contributed by atoms with van der Waals surface area (Å²) in [5, 5.41) is 7.77. The van der Waals surface area contributed by atoms with E-state index in [9.17, 15) is 4.79 Å². The van der Waals surface area contributed by atoms with E-state index in [0.29, 0.717) is 18.4 Å². The van der Waals surface area contributed by atoms with Crippen LogP contribution in [0.2, 0.25) is 0 Å². The Balaban J connectivity index is 1.33. The summed E-state index contributed by atoms with van der Waals surface area (Å²) in [6, 6.07) is 18.5. The normalized spacial score (nSPS) is 18.7. The lowest BCUT2D eigenvalue weighted by atomic mass is 9.91. The van der Waals surface area contributed by atoms with E-state index in [1.165, 1.54) is 0 Å². The minimum Gasteiger partial charge on any atom is -0.362 e. The summed E-state index contributed by atoms with van der Waals surface area (Å²) in [4.78, 5) is 23.8. The molecule has 1 aliphatic carbocycles. The Bertz CT molecular complexity index is 997. The zero-order chi connectivity index (χ0) is 20.9.